The predicted molar refractivity (Wildman–Crippen MR) is 68.7 cm³/mol. The maximum Gasteiger partial charge on any atom is 0.0802 e. The standard InChI is InChI=1S/C10H22O4S2/c1-5-9(13-2)6-14-7-10(16(4)12)8-15(3)11/h9-10H,5-8H2,1-4H3. The van der Waals surface area contributed by atoms with Crippen molar-refractivity contribution in [3.63, 3.8) is 0 Å². The second-order valence-corrected chi connectivity index (χ2v) is 6.81. The van der Waals surface area contributed by atoms with Gasteiger partial charge in [-0.3, -0.25) is 8.42 Å². The lowest BCUT2D eigenvalue weighted by Gasteiger charge is -2.16. The summed E-state index contributed by atoms with van der Waals surface area (Å²) < 4.78 is 33.0. The third-order valence-corrected chi connectivity index (χ3v) is 4.61. The fraction of sp³-hybridized carbons (Fsp3) is 1.00. The van der Waals surface area contributed by atoms with Crippen LogP contribution >= 0.6 is 0 Å². The van der Waals surface area contributed by atoms with Gasteiger partial charge in [0, 0.05) is 47.0 Å². The van der Waals surface area contributed by atoms with Crippen LogP contribution in [0.25, 0.3) is 0 Å². The zero-order valence-corrected chi connectivity index (χ0v) is 12.1. The lowest BCUT2D eigenvalue weighted by atomic mass is 10.3. The highest BCUT2D eigenvalue weighted by atomic mass is 32.2. The Kier molecular flexibility index (Phi) is 9.40. The van der Waals surface area contributed by atoms with Crippen molar-refractivity contribution in [2.45, 2.75) is 24.7 Å². The van der Waals surface area contributed by atoms with Crippen LogP contribution in [0.2, 0.25) is 0 Å². The SMILES string of the molecule is CCC(COCC(CS(C)=O)S(C)=O)OC. The normalized spacial score (nSPS) is 19.0. The Balaban J connectivity index is 3.93. The molecule has 6 heteroatoms. The molecule has 4 nitrogen and oxygen atoms in total. The van der Waals surface area contributed by atoms with Crippen LogP contribution in [0.3, 0.4) is 0 Å². The van der Waals surface area contributed by atoms with Crippen molar-refractivity contribution >= 4 is 21.6 Å². The molecule has 0 saturated heterocycles. The Morgan fingerprint density at radius 2 is 1.81 bits per heavy atom. The van der Waals surface area contributed by atoms with Crippen molar-refractivity contribution in [2.75, 3.05) is 38.6 Å². The Bertz CT molecular complexity index is 229. The van der Waals surface area contributed by atoms with Crippen molar-refractivity contribution < 1.29 is 17.9 Å². The molecule has 0 heterocycles. The lowest BCUT2D eigenvalue weighted by Crippen LogP contribution is -2.29. The van der Waals surface area contributed by atoms with E-state index in [-0.39, 0.29) is 11.4 Å². The van der Waals surface area contributed by atoms with E-state index < -0.39 is 21.6 Å². The Morgan fingerprint density at radius 3 is 2.19 bits per heavy atom. The zero-order chi connectivity index (χ0) is 12.6. The molecule has 0 spiro atoms. The maximum absolute atomic E-state index is 11.4. The summed E-state index contributed by atoms with van der Waals surface area (Å²) in [6, 6.07) is 0. The molecule has 0 aliphatic rings. The Labute approximate surface area is 103 Å². The van der Waals surface area contributed by atoms with E-state index in [2.05, 4.69) is 0 Å². The van der Waals surface area contributed by atoms with E-state index in [1.165, 1.54) is 0 Å². The molecule has 16 heavy (non-hydrogen) atoms. The number of rotatable bonds is 9. The van der Waals surface area contributed by atoms with E-state index in [4.69, 9.17) is 9.47 Å². The lowest BCUT2D eigenvalue weighted by molar-refractivity contribution is 0.00813. The summed E-state index contributed by atoms with van der Waals surface area (Å²) in [7, 11) is -0.293. The monoisotopic (exact) mass is 270 g/mol. The second kappa shape index (κ2) is 9.27. The van der Waals surface area contributed by atoms with E-state index >= 15 is 0 Å². The Hall–Kier alpha value is 0.220. The van der Waals surface area contributed by atoms with E-state index in [0.29, 0.717) is 19.0 Å². The molecule has 4 atom stereocenters. The van der Waals surface area contributed by atoms with E-state index in [9.17, 15) is 8.42 Å². The van der Waals surface area contributed by atoms with Crippen LogP contribution < -0.4 is 0 Å². The third-order valence-electron chi connectivity index (χ3n) is 2.29. The fourth-order valence-corrected chi connectivity index (χ4v) is 3.43. The van der Waals surface area contributed by atoms with Gasteiger partial charge in [0.15, 0.2) is 0 Å². The van der Waals surface area contributed by atoms with Crippen molar-refractivity contribution in [1.82, 2.24) is 0 Å². The van der Waals surface area contributed by atoms with E-state index in [0.717, 1.165) is 6.42 Å². The molecule has 0 radical (unpaired) electrons. The van der Waals surface area contributed by atoms with Gasteiger partial charge in [0.1, 0.15) is 0 Å². The summed E-state index contributed by atoms with van der Waals surface area (Å²) >= 11 is 0. The van der Waals surface area contributed by atoms with Gasteiger partial charge in [-0.05, 0) is 6.42 Å². The molecule has 0 saturated carbocycles. The summed E-state index contributed by atoms with van der Waals surface area (Å²) in [5, 5.41) is -0.153. The minimum absolute atomic E-state index is 0.0815. The van der Waals surface area contributed by atoms with Crippen LogP contribution in [-0.4, -0.2) is 58.4 Å². The highest BCUT2D eigenvalue weighted by Crippen LogP contribution is 2.01. The minimum atomic E-state index is -1.00. The molecule has 0 aromatic rings. The molecule has 0 fully saturated rings. The van der Waals surface area contributed by atoms with Crippen LogP contribution in [0.1, 0.15) is 13.3 Å². The molecule has 0 aliphatic carbocycles. The van der Waals surface area contributed by atoms with Gasteiger partial charge in [-0.2, -0.15) is 0 Å². The molecular formula is C10H22O4S2. The molecule has 0 N–H and O–H groups in total. The maximum atomic E-state index is 11.4. The molecule has 0 bridgehead atoms. The second-order valence-electron chi connectivity index (χ2n) is 3.66. The molecule has 0 aromatic carbocycles. The van der Waals surface area contributed by atoms with Crippen LogP contribution in [0.4, 0.5) is 0 Å². The average Bonchev–Trinajstić information content (AvgIpc) is 2.22. The first-order chi connectivity index (χ1) is 7.51. The van der Waals surface area contributed by atoms with Gasteiger partial charge in [0.05, 0.1) is 24.6 Å². The molecule has 0 aromatic heterocycles. The quantitative estimate of drug-likeness (QED) is 0.614. The number of ether oxygens (including phenoxy) is 2. The first-order valence-electron chi connectivity index (χ1n) is 5.24. The third kappa shape index (κ3) is 7.49. The first-order valence-corrected chi connectivity index (χ1v) is 8.58. The smallest absolute Gasteiger partial charge is 0.0802 e. The van der Waals surface area contributed by atoms with Gasteiger partial charge in [0.2, 0.25) is 0 Å². The van der Waals surface area contributed by atoms with Crippen molar-refractivity contribution in [3.05, 3.63) is 0 Å². The molecule has 4 unspecified atom stereocenters. The summed E-state index contributed by atoms with van der Waals surface area (Å²) in [5.41, 5.74) is 0. The van der Waals surface area contributed by atoms with Crippen LogP contribution in [0.15, 0.2) is 0 Å². The van der Waals surface area contributed by atoms with Crippen LogP contribution in [-0.2, 0) is 31.1 Å². The predicted octanol–water partition coefficient (Wildman–Crippen LogP) is 0.554. The average molecular weight is 270 g/mol. The molecule has 0 amide bonds. The summed E-state index contributed by atoms with van der Waals surface area (Å²) in [6.07, 6.45) is 4.20. The van der Waals surface area contributed by atoms with Gasteiger partial charge in [-0.15, -0.1) is 0 Å². The van der Waals surface area contributed by atoms with Gasteiger partial charge in [-0.25, -0.2) is 0 Å². The summed E-state index contributed by atoms with van der Waals surface area (Å²) in [4.78, 5) is 0. The van der Waals surface area contributed by atoms with Crippen molar-refractivity contribution in [3.8, 4) is 0 Å². The van der Waals surface area contributed by atoms with Gasteiger partial charge < -0.3 is 9.47 Å². The van der Waals surface area contributed by atoms with Crippen LogP contribution in [0, 0.1) is 0 Å². The van der Waals surface area contributed by atoms with Crippen LogP contribution in [0.5, 0.6) is 0 Å². The van der Waals surface area contributed by atoms with Gasteiger partial charge in [0.25, 0.3) is 0 Å². The fourth-order valence-electron chi connectivity index (χ4n) is 1.19. The molecule has 0 rings (SSSR count). The summed E-state index contributed by atoms with van der Waals surface area (Å²) in [5.74, 6) is 0.423. The van der Waals surface area contributed by atoms with Gasteiger partial charge >= 0.3 is 0 Å². The first kappa shape index (κ1) is 16.2. The van der Waals surface area contributed by atoms with Crippen molar-refractivity contribution in [1.29, 1.82) is 0 Å². The highest BCUT2D eigenvalue weighted by molar-refractivity contribution is 7.88. The number of hydrogen-bond donors (Lipinski definition) is 0. The molecule has 98 valence electrons. The zero-order valence-electron chi connectivity index (χ0n) is 10.4. The molecule has 0 aliphatic heterocycles. The van der Waals surface area contributed by atoms with Crippen molar-refractivity contribution in [2.24, 2.45) is 0 Å². The van der Waals surface area contributed by atoms with E-state index in [1.54, 1.807) is 19.6 Å². The van der Waals surface area contributed by atoms with E-state index in [1.807, 2.05) is 6.92 Å². The number of hydrogen-bond acceptors (Lipinski definition) is 4. The minimum Gasteiger partial charge on any atom is -0.379 e. The Morgan fingerprint density at radius 1 is 1.19 bits per heavy atom. The highest BCUT2D eigenvalue weighted by Gasteiger charge is 2.16. The number of methoxy groups -OCH3 is 1. The molecular weight excluding hydrogens is 248 g/mol. The summed E-state index contributed by atoms with van der Waals surface area (Å²) in [6.45, 7) is 2.90. The topological polar surface area (TPSA) is 52.6 Å². The largest absolute Gasteiger partial charge is 0.379 e. The van der Waals surface area contributed by atoms with Gasteiger partial charge in [-0.1, -0.05) is 6.92 Å².